The molecule has 0 N–H and O–H groups in total. The Morgan fingerprint density at radius 3 is 2.00 bits per heavy atom. The van der Waals surface area contributed by atoms with Crippen LogP contribution in [0.4, 0.5) is 0 Å². The van der Waals surface area contributed by atoms with E-state index < -0.39 is 36.4 Å². The molecule has 0 aromatic heterocycles. The number of rotatable bonds is 3. The third-order valence-corrected chi connectivity index (χ3v) is 18.3. The highest BCUT2D eigenvalue weighted by Gasteiger charge is 2.39. The second-order valence-electron chi connectivity index (χ2n) is 6.39. The minimum atomic E-state index is -2.06. The molecule has 1 saturated carbocycles. The molecule has 4 nitrogen and oxygen atoms in total. The topological polar surface area (TPSA) is 36.9 Å². The summed E-state index contributed by atoms with van der Waals surface area (Å²) in [7, 11) is -6.67. The van der Waals surface area contributed by atoms with Crippen LogP contribution >= 0.6 is 0 Å². The van der Waals surface area contributed by atoms with Gasteiger partial charge in [0.15, 0.2) is 0 Å². The highest BCUT2D eigenvalue weighted by molar-refractivity contribution is 6.81. The standard InChI is InChI=1S/C12H30O4Si4/c1-17-13-18(2)15-20(4,16-19(3)14-17)11-10-12-8-6-5-7-9-12/h12,17-19H,5-11H2,1-4H3. The molecule has 0 spiro atoms. The van der Waals surface area contributed by atoms with E-state index in [0.29, 0.717) is 0 Å². The zero-order valence-corrected chi connectivity index (χ0v) is 17.9. The molecule has 1 aliphatic heterocycles. The molecule has 20 heavy (non-hydrogen) atoms. The van der Waals surface area contributed by atoms with Crippen LogP contribution in [0.2, 0.25) is 32.2 Å². The summed E-state index contributed by atoms with van der Waals surface area (Å²) in [5.74, 6) is 0.898. The average molecular weight is 351 g/mol. The van der Waals surface area contributed by atoms with Gasteiger partial charge in [0, 0.05) is 0 Å². The van der Waals surface area contributed by atoms with E-state index in [1.807, 2.05) is 0 Å². The Hall–Kier alpha value is 0.708. The Balaban J connectivity index is 1.88. The van der Waals surface area contributed by atoms with Gasteiger partial charge < -0.3 is 16.5 Å². The van der Waals surface area contributed by atoms with Crippen LogP contribution in [0.25, 0.3) is 0 Å². The van der Waals surface area contributed by atoms with Gasteiger partial charge in [0.25, 0.3) is 27.9 Å². The summed E-state index contributed by atoms with van der Waals surface area (Å²) >= 11 is 0. The Kier molecular flexibility index (Phi) is 6.67. The second kappa shape index (κ2) is 7.82. The molecule has 1 saturated heterocycles. The molecule has 0 aromatic carbocycles. The predicted molar refractivity (Wildman–Crippen MR) is 91.0 cm³/mol. The highest BCUT2D eigenvalue weighted by Crippen LogP contribution is 2.31. The summed E-state index contributed by atoms with van der Waals surface area (Å²) in [6.45, 7) is 8.57. The van der Waals surface area contributed by atoms with Crippen LogP contribution in [0.3, 0.4) is 0 Å². The van der Waals surface area contributed by atoms with Gasteiger partial charge in [0.05, 0.1) is 0 Å². The quantitative estimate of drug-likeness (QED) is 0.733. The van der Waals surface area contributed by atoms with E-state index in [-0.39, 0.29) is 0 Å². The third kappa shape index (κ3) is 5.48. The molecule has 118 valence electrons. The molecule has 0 amide bonds. The lowest BCUT2D eigenvalue weighted by Crippen LogP contribution is -2.53. The lowest BCUT2D eigenvalue weighted by molar-refractivity contribution is 0.267. The number of hydrogen-bond acceptors (Lipinski definition) is 4. The van der Waals surface area contributed by atoms with Crippen molar-refractivity contribution in [1.82, 2.24) is 0 Å². The van der Waals surface area contributed by atoms with Crippen LogP contribution in [-0.2, 0) is 16.5 Å². The van der Waals surface area contributed by atoms with Gasteiger partial charge in [-0.1, -0.05) is 32.1 Å². The van der Waals surface area contributed by atoms with Crippen molar-refractivity contribution in [2.45, 2.75) is 70.8 Å². The first-order chi connectivity index (χ1) is 9.47. The normalized spacial score (nSPS) is 41.1. The Morgan fingerprint density at radius 1 is 0.900 bits per heavy atom. The summed E-state index contributed by atoms with van der Waals surface area (Å²) in [5.41, 5.74) is 0. The maximum Gasteiger partial charge on any atom is 0.317 e. The van der Waals surface area contributed by atoms with Gasteiger partial charge in [0.2, 0.25) is 0 Å². The minimum absolute atomic E-state index is 0.898. The first kappa shape index (κ1) is 17.1. The predicted octanol–water partition coefficient (Wildman–Crippen LogP) is 2.66. The van der Waals surface area contributed by atoms with E-state index in [0.717, 1.165) is 12.0 Å². The van der Waals surface area contributed by atoms with Crippen molar-refractivity contribution in [2.24, 2.45) is 5.92 Å². The molecule has 0 bridgehead atoms. The highest BCUT2D eigenvalue weighted by atomic mass is 28.5. The van der Waals surface area contributed by atoms with E-state index in [4.69, 9.17) is 16.5 Å². The molecular weight excluding hydrogens is 320 g/mol. The van der Waals surface area contributed by atoms with Crippen molar-refractivity contribution in [2.75, 3.05) is 0 Å². The van der Waals surface area contributed by atoms with Gasteiger partial charge in [-0.05, 0) is 44.6 Å². The summed E-state index contributed by atoms with van der Waals surface area (Å²) in [4.78, 5) is 0. The van der Waals surface area contributed by atoms with Crippen molar-refractivity contribution in [3.63, 3.8) is 0 Å². The molecule has 8 heteroatoms. The van der Waals surface area contributed by atoms with Crippen LogP contribution in [0.15, 0.2) is 0 Å². The van der Waals surface area contributed by atoms with Gasteiger partial charge in [-0.25, -0.2) is 0 Å². The fraction of sp³-hybridized carbons (Fsp3) is 1.00. The fourth-order valence-corrected chi connectivity index (χ4v) is 18.2. The third-order valence-electron chi connectivity index (χ3n) is 4.33. The molecule has 2 rings (SSSR count). The fourth-order valence-electron chi connectivity index (χ4n) is 3.42. The van der Waals surface area contributed by atoms with Crippen LogP contribution in [0.1, 0.15) is 38.5 Å². The average Bonchev–Trinajstić information content (AvgIpc) is 2.35. The molecule has 2 fully saturated rings. The maximum atomic E-state index is 6.33. The van der Waals surface area contributed by atoms with Gasteiger partial charge in [-0.2, -0.15) is 0 Å². The van der Waals surface area contributed by atoms with E-state index in [1.54, 1.807) is 0 Å². The maximum absolute atomic E-state index is 6.33. The summed E-state index contributed by atoms with van der Waals surface area (Å²) in [5, 5.41) is 0. The molecule has 0 aromatic rings. The Labute approximate surface area is 129 Å². The molecule has 2 atom stereocenters. The molecule has 2 unspecified atom stereocenters. The van der Waals surface area contributed by atoms with Gasteiger partial charge in [-0.3, -0.25) is 0 Å². The van der Waals surface area contributed by atoms with Crippen molar-refractivity contribution in [3.8, 4) is 0 Å². The monoisotopic (exact) mass is 350 g/mol. The van der Waals surface area contributed by atoms with Crippen molar-refractivity contribution >= 4 is 36.4 Å². The van der Waals surface area contributed by atoms with Crippen LogP contribution in [-0.4, -0.2) is 36.4 Å². The first-order valence-electron chi connectivity index (χ1n) is 8.13. The zero-order valence-electron chi connectivity index (χ0n) is 13.4. The molecular formula is C12H30O4Si4. The van der Waals surface area contributed by atoms with Crippen LogP contribution in [0.5, 0.6) is 0 Å². The van der Waals surface area contributed by atoms with E-state index >= 15 is 0 Å². The van der Waals surface area contributed by atoms with Crippen molar-refractivity contribution in [1.29, 1.82) is 0 Å². The lowest BCUT2D eigenvalue weighted by atomic mass is 9.88. The van der Waals surface area contributed by atoms with E-state index in [1.165, 1.54) is 38.5 Å². The first-order valence-corrected chi connectivity index (χ1v) is 16.9. The van der Waals surface area contributed by atoms with Gasteiger partial charge in [-0.15, -0.1) is 0 Å². The van der Waals surface area contributed by atoms with Crippen molar-refractivity contribution in [3.05, 3.63) is 0 Å². The lowest BCUT2D eigenvalue weighted by Gasteiger charge is -2.37. The zero-order chi connectivity index (χ0) is 14.6. The van der Waals surface area contributed by atoms with Gasteiger partial charge in [0.1, 0.15) is 0 Å². The SMILES string of the molecule is C[SiH]1O[SiH](C)O[Si](C)(CCC2CCCCC2)O[SiH](C)O1. The van der Waals surface area contributed by atoms with Gasteiger partial charge >= 0.3 is 8.56 Å². The summed E-state index contributed by atoms with van der Waals surface area (Å²) in [6.07, 6.45) is 8.34. The molecule has 1 aliphatic carbocycles. The molecule has 2 aliphatic rings. The second-order valence-corrected chi connectivity index (χ2v) is 16.6. The van der Waals surface area contributed by atoms with Crippen molar-refractivity contribution < 1.29 is 16.5 Å². The number of hydrogen-bond donors (Lipinski definition) is 0. The van der Waals surface area contributed by atoms with Crippen LogP contribution < -0.4 is 0 Å². The minimum Gasteiger partial charge on any atom is -0.420 e. The van der Waals surface area contributed by atoms with E-state index in [9.17, 15) is 0 Å². The Bertz CT molecular complexity index is 287. The molecule has 1 heterocycles. The smallest absolute Gasteiger partial charge is 0.317 e. The molecule has 0 radical (unpaired) electrons. The summed E-state index contributed by atoms with van der Waals surface area (Å²) in [6, 6.07) is 1.12. The van der Waals surface area contributed by atoms with E-state index in [2.05, 4.69) is 26.2 Å². The summed E-state index contributed by atoms with van der Waals surface area (Å²) < 4.78 is 24.6. The largest absolute Gasteiger partial charge is 0.420 e. The van der Waals surface area contributed by atoms with Crippen LogP contribution in [0, 0.1) is 5.92 Å². The Morgan fingerprint density at radius 2 is 1.45 bits per heavy atom.